The van der Waals surface area contributed by atoms with E-state index in [0.717, 1.165) is 12.8 Å². The lowest BCUT2D eigenvalue weighted by Crippen LogP contribution is -2.39. The third-order valence-corrected chi connectivity index (χ3v) is 6.18. The van der Waals surface area contributed by atoms with E-state index in [-0.39, 0.29) is 4.90 Å². The summed E-state index contributed by atoms with van der Waals surface area (Å²) in [6.45, 7) is 3.17. The molecule has 1 saturated heterocycles. The van der Waals surface area contributed by atoms with Crippen LogP contribution in [0, 0.1) is 5.92 Å². The Hall–Kier alpha value is -0.790. The molecule has 2 rings (SSSR count). The molecule has 1 heterocycles. The lowest BCUT2D eigenvalue weighted by molar-refractivity contribution is 0.280. The van der Waals surface area contributed by atoms with Crippen LogP contribution in [0.4, 0.5) is 0 Å². The van der Waals surface area contributed by atoms with Gasteiger partial charge in [-0.05, 0) is 40.8 Å². The number of piperidine rings is 1. The Morgan fingerprint density at radius 3 is 2.48 bits per heavy atom. The van der Waals surface area contributed by atoms with E-state index < -0.39 is 10.0 Å². The fourth-order valence-corrected chi connectivity index (χ4v) is 4.77. The molecule has 5 nitrogen and oxygen atoms in total. The number of hydrogen-bond donors (Lipinski definition) is 0. The molecule has 0 saturated carbocycles. The predicted molar refractivity (Wildman–Crippen MR) is 84.4 cm³/mol. The monoisotopic (exact) mass is 377 g/mol. The second-order valence-electron chi connectivity index (χ2n) is 5.25. The van der Waals surface area contributed by atoms with Crippen molar-refractivity contribution in [3.63, 3.8) is 0 Å². The van der Waals surface area contributed by atoms with E-state index in [1.54, 1.807) is 6.07 Å². The molecule has 1 aliphatic heterocycles. The van der Waals surface area contributed by atoms with Crippen LogP contribution in [0.1, 0.15) is 19.8 Å². The smallest absolute Gasteiger partial charge is 0.246 e. The highest BCUT2D eigenvalue weighted by Gasteiger charge is 2.31. The molecule has 0 spiro atoms. The number of benzene rings is 1. The second kappa shape index (κ2) is 6.54. The van der Waals surface area contributed by atoms with E-state index in [0.29, 0.717) is 35.0 Å². The quantitative estimate of drug-likeness (QED) is 0.809. The van der Waals surface area contributed by atoms with Gasteiger partial charge in [0, 0.05) is 19.2 Å². The molecular formula is C14H20BrNO4S. The molecule has 1 aliphatic rings. The number of ether oxygens (including phenoxy) is 2. The van der Waals surface area contributed by atoms with Crippen LogP contribution in [-0.4, -0.2) is 40.0 Å². The highest BCUT2D eigenvalue weighted by Crippen LogP contribution is 2.37. The van der Waals surface area contributed by atoms with Gasteiger partial charge in [-0.2, -0.15) is 4.31 Å². The molecule has 0 N–H and O–H groups in total. The number of rotatable bonds is 4. The van der Waals surface area contributed by atoms with E-state index in [9.17, 15) is 8.42 Å². The summed E-state index contributed by atoms with van der Waals surface area (Å²) in [7, 11) is -0.609. The molecule has 0 aromatic heterocycles. The summed E-state index contributed by atoms with van der Waals surface area (Å²) in [5.41, 5.74) is 0. The minimum absolute atomic E-state index is 0.152. The Bertz CT molecular complexity index is 618. The van der Waals surface area contributed by atoms with Crippen molar-refractivity contribution in [1.82, 2.24) is 4.31 Å². The fourth-order valence-electron chi connectivity index (χ4n) is 2.54. The first-order valence-corrected chi connectivity index (χ1v) is 9.05. The van der Waals surface area contributed by atoms with Gasteiger partial charge < -0.3 is 9.47 Å². The first-order chi connectivity index (χ1) is 9.90. The average molecular weight is 378 g/mol. The molecule has 21 heavy (non-hydrogen) atoms. The van der Waals surface area contributed by atoms with Gasteiger partial charge in [0.15, 0.2) is 0 Å². The van der Waals surface area contributed by atoms with Crippen molar-refractivity contribution in [2.24, 2.45) is 5.92 Å². The summed E-state index contributed by atoms with van der Waals surface area (Å²) >= 11 is 3.34. The lowest BCUT2D eigenvalue weighted by atomic mass is 10.0. The number of hydrogen-bond acceptors (Lipinski definition) is 4. The Morgan fingerprint density at radius 2 is 1.90 bits per heavy atom. The normalized spacial score (nSPS) is 20.3. The molecule has 0 radical (unpaired) electrons. The van der Waals surface area contributed by atoms with Crippen molar-refractivity contribution < 1.29 is 17.9 Å². The van der Waals surface area contributed by atoms with Crippen molar-refractivity contribution in [3.05, 3.63) is 16.6 Å². The van der Waals surface area contributed by atoms with Crippen molar-refractivity contribution >= 4 is 26.0 Å². The van der Waals surface area contributed by atoms with Crippen molar-refractivity contribution in [1.29, 1.82) is 0 Å². The summed E-state index contributed by atoms with van der Waals surface area (Å²) < 4.78 is 38.4. The summed E-state index contributed by atoms with van der Waals surface area (Å²) in [5.74, 6) is 1.16. The minimum Gasteiger partial charge on any atom is -0.496 e. The molecule has 1 fully saturated rings. The Kier molecular flexibility index (Phi) is 5.16. The molecule has 0 aliphatic carbocycles. The van der Waals surface area contributed by atoms with E-state index in [1.807, 2.05) is 0 Å². The molecule has 1 aromatic rings. The van der Waals surface area contributed by atoms with Gasteiger partial charge in [0.2, 0.25) is 10.0 Å². The highest BCUT2D eigenvalue weighted by molar-refractivity contribution is 9.10. The second-order valence-corrected chi connectivity index (χ2v) is 8.01. The molecule has 1 atom stereocenters. The van der Waals surface area contributed by atoms with Gasteiger partial charge in [-0.3, -0.25) is 0 Å². The van der Waals surface area contributed by atoms with Gasteiger partial charge in [0.1, 0.15) is 16.4 Å². The van der Waals surface area contributed by atoms with Crippen LogP contribution >= 0.6 is 15.9 Å². The van der Waals surface area contributed by atoms with E-state index in [4.69, 9.17) is 9.47 Å². The first kappa shape index (κ1) is 16.6. The molecule has 0 bridgehead atoms. The molecule has 1 unspecified atom stereocenters. The zero-order valence-electron chi connectivity index (χ0n) is 12.4. The van der Waals surface area contributed by atoms with Gasteiger partial charge in [-0.1, -0.05) is 6.92 Å². The van der Waals surface area contributed by atoms with Crippen LogP contribution in [0.2, 0.25) is 0 Å². The lowest BCUT2D eigenvalue weighted by Gasteiger charge is -2.30. The number of nitrogens with zero attached hydrogens (tertiary/aromatic N) is 1. The van der Waals surface area contributed by atoms with Gasteiger partial charge in [0.05, 0.1) is 18.7 Å². The van der Waals surface area contributed by atoms with Crippen molar-refractivity contribution in [3.8, 4) is 11.5 Å². The summed E-state index contributed by atoms with van der Waals surface area (Å²) in [6.07, 6.45) is 1.95. The van der Waals surface area contributed by atoms with Crippen LogP contribution in [-0.2, 0) is 10.0 Å². The summed E-state index contributed by atoms with van der Waals surface area (Å²) in [6, 6.07) is 3.14. The average Bonchev–Trinajstić information content (AvgIpc) is 2.46. The Morgan fingerprint density at radius 1 is 1.24 bits per heavy atom. The van der Waals surface area contributed by atoms with E-state index in [2.05, 4.69) is 22.9 Å². The van der Waals surface area contributed by atoms with Crippen LogP contribution in [0.5, 0.6) is 11.5 Å². The maximum absolute atomic E-state index is 12.9. The molecule has 0 amide bonds. The number of methoxy groups -OCH3 is 2. The fraction of sp³-hybridized carbons (Fsp3) is 0.571. The standard InChI is InChI=1S/C14H20BrNO4S/c1-10-5-4-6-16(9-10)21(17,18)14-8-12(19-2)11(15)7-13(14)20-3/h7-8,10H,4-6,9H2,1-3H3. The number of sulfonamides is 1. The first-order valence-electron chi connectivity index (χ1n) is 6.81. The maximum Gasteiger partial charge on any atom is 0.246 e. The van der Waals surface area contributed by atoms with Crippen LogP contribution in [0.25, 0.3) is 0 Å². The predicted octanol–water partition coefficient (Wildman–Crippen LogP) is 2.89. The maximum atomic E-state index is 12.9. The summed E-state index contributed by atoms with van der Waals surface area (Å²) in [5, 5.41) is 0. The largest absolute Gasteiger partial charge is 0.496 e. The van der Waals surface area contributed by atoms with Gasteiger partial charge in [0.25, 0.3) is 0 Å². The van der Waals surface area contributed by atoms with Gasteiger partial charge in [-0.25, -0.2) is 8.42 Å². The van der Waals surface area contributed by atoms with Crippen molar-refractivity contribution in [2.45, 2.75) is 24.7 Å². The molecular weight excluding hydrogens is 358 g/mol. The van der Waals surface area contributed by atoms with Crippen molar-refractivity contribution in [2.75, 3.05) is 27.3 Å². The Balaban J connectivity index is 2.48. The third-order valence-electron chi connectivity index (χ3n) is 3.68. The minimum atomic E-state index is -3.58. The highest BCUT2D eigenvalue weighted by atomic mass is 79.9. The number of halogens is 1. The van der Waals surface area contributed by atoms with Crippen LogP contribution in [0.3, 0.4) is 0 Å². The summed E-state index contributed by atoms with van der Waals surface area (Å²) in [4.78, 5) is 0.152. The van der Waals surface area contributed by atoms with E-state index in [1.165, 1.54) is 24.6 Å². The molecule has 1 aromatic carbocycles. The Labute approximate surface area is 134 Å². The van der Waals surface area contributed by atoms with E-state index >= 15 is 0 Å². The van der Waals surface area contributed by atoms with Crippen LogP contribution < -0.4 is 9.47 Å². The van der Waals surface area contributed by atoms with Crippen LogP contribution in [0.15, 0.2) is 21.5 Å². The SMILES string of the molecule is COc1cc(S(=O)(=O)N2CCCC(C)C2)c(OC)cc1Br. The topological polar surface area (TPSA) is 55.8 Å². The van der Waals surface area contributed by atoms with Gasteiger partial charge in [-0.15, -0.1) is 0 Å². The zero-order chi connectivity index (χ0) is 15.6. The third kappa shape index (κ3) is 3.35. The zero-order valence-corrected chi connectivity index (χ0v) is 14.8. The van der Waals surface area contributed by atoms with Gasteiger partial charge >= 0.3 is 0 Å². The molecule has 118 valence electrons. The molecule has 7 heteroatoms.